The molecule has 136 valence electrons. The highest BCUT2D eigenvalue weighted by Gasteiger charge is 2.27. The van der Waals surface area contributed by atoms with Crippen molar-refractivity contribution in [2.45, 2.75) is 12.5 Å². The molecule has 8 heteroatoms. The van der Waals surface area contributed by atoms with E-state index in [1.165, 1.54) is 0 Å². The number of nitrogens with zero attached hydrogens (tertiary/aromatic N) is 5. The molecule has 1 unspecified atom stereocenters. The first-order chi connectivity index (χ1) is 12.8. The van der Waals surface area contributed by atoms with Crippen LogP contribution in [-0.4, -0.2) is 69.5 Å². The minimum Gasteiger partial charge on any atom is -0.473 e. The predicted molar refractivity (Wildman–Crippen MR) is 101 cm³/mol. The minimum atomic E-state index is -0.0209. The minimum absolute atomic E-state index is 0.0209. The zero-order chi connectivity index (χ0) is 17.8. The molecule has 2 saturated heterocycles. The second-order valence-corrected chi connectivity index (χ2v) is 7.44. The van der Waals surface area contributed by atoms with Crippen LogP contribution in [0.25, 0.3) is 0 Å². The number of pyridine rings is 1. The Morgan fingerprint density at radius 1 is 1.08 bits per heavy atom. The first-order valence-electron chi connectivity index (χ1n) is 8.82. The molecule has 26 heavy (non-hydrogen) atoms. The van der Waals surface area contributed by atoms with Crippen LogP contribution < -0.4 is 9.64 Å². The Labute approximate surface area is 156 Å². The van der Waals surface area contributed by atoms with Crippen LogP contribution in [0.15, 0.2) is 36.8 Å². The zero-order valence-electron chi connectivity index (χ0n) is 14.5. The second-order valence-electron chi connectivity index (χ2n) is 6.29. The van der Waals surface area contributed by atoms with E-state index in [1.54, 1.807) is 36.8 Å². The summed E-state index contributed by atoms with van der Waals surface area (Å²) in [5.41, 5.74) is 0.550. The van der Waals surface area contributed by atoms with Gasteiger partial charge >= 0.3 is 0 Å². The van der Waals surface area contributed by atoms with Gasteiger partial charge in [0.2, 0.25) is 11.8 Å². The number of amides is 1. The summed E-state index contributed by atoms with van der Waals surface area (Å²) in [5, 5.41) is 0. The first kappa shape index (κ1) is 17.1. The molecule has 0 N–H and O–H groups in total. The SMILES string of the molecule is O=C(c1cccnc1OC1CCSC1)N1CCN(c2ncccn2)CC1. The lowest BCUT2D eigenvalue weighted by Gasteiger charge is -2.34. The fourth-order valence-corrected chi connectivity index (χ4v) is 4.24. The monoisotopic (exact) mass is 371 g/mol. The van der Waals surface area contributed by atoms with Crippen molar-refractivity contribution in [2.75, 3.05) is 42.6 Å². The Morgan fingerprint density at radius 2 is 1.85 bits per heavy atom. The highest BCUT2D eigenvalue weighted by molar-refractivity contribution is 7.99. The van der Waals surface area contributed by atoms with E-state index in [-0.39, 0.29) is 12.0 Å². The Bertz CT molecular complexity index is 746. The maximum Gasteiger partial charge on any atom is 0.259 e. The molecular formula is C18H21N5O2S. The molecule has 0 radical (unpaired) electrons. The van der Waals surface area contributed by atoms with Crippen LogP contribution in [0.3, 0.4) is 0 Å². The number of anilines is 1. The molecule has 0 aliphatic carbocycles. The number of hydrogen-bond acceptors (Lipinski definition) is 7. The third-order valence-electron chi connectivity index (χ3n) is 4.57. The highest BCUT2D eigenvalue weighted by atomic mass is 32.2. The van der Waals surface area contributed by atoms with E-state index in [0.29, 0.717) is 43.6 Å². The van der Waals surface area contributed by atoms with Crippen molar-refractivity contribution in [1.82, 2.24) is 19.9 Å². The van der Waals surface area contributed by atoms with E-state index in [0.717, 1.165) is 17.9 Å². The average Bonchev–Trinajstić information content (AvgIpc) is 3.22. The number of thioether (sulfide) groups is 1. The number of carbonyl (C=O) groups is 1. The molecule has 2 fully saturated rings. The lowest BCUT2D eigenvalue weighted by atomic mass is 10.2. The van der Waals surface area contributed by atoms with Crippen LogP contribution in [0.2, 0.25) is 0 Å². The molecule has 2 aromatic heterocycles. The molecule has 4 rings (SSSR count). The van der Waals surface area contributed by atoms with Gasteiger partial charge in [0.1, 0.15) is 11.7 Å². The van der Waals surface area contributed by atoms with Gasteiger partial charge in [0.15, 0.2) is 0 Å². The Hall–Kier alpha value is -2.35. The summed E-state index contributed by atoms with van der Waals surface area (Å²) in [6.45, 7) is 2.69. The van der Waals surface area contributed by atoms with Gasteiger partial charge in [-0.05, 0) is 30.4 Å². The lowest BCUT2D eigenvalue weighted by molar-refractivity contribution is 0.0738. The van der Waals surface area contributed by atoms with Crippen molar-refractivity contribution >= 4 is 23.6 Å². The fraction of sp³-hybridized carbons (Fsp3) is 0.444. The Balaban J connectivity index is 1.42. The van der Waals surface area contributed by atoms with Crippen molar-refractivity contribution in [3.05, 3.63) is 42.4 Å². The van der Waals surface area contributed by atoms with Crippen LogP contribution in [0.4, 0.5) is 5.95 Å². The average molecular weight is 371 g/mol. The summed E-state index contributed by atoms with van der Waals surface area (Å²) in [4.78, 5) is 29.8. The molecule has 4 heterocycles. The van der Waals surface area contributed by atoms with Crippen molar-refractivity contribution < 1.29 is 9.53 Å². The van der Waals surface area contributed by atoms with Crippen LogP contribution in [0.1, 0.15) is 16.8 Å². The summed E-state index contributed by atoms with van der Waals surface area (Å²) < 4.78 is 6.00. The number of rotatable bonds is 4. The first-order valence-corrected chi connectivity index (χ1v) is 9.97. The second kappa shape index (κ2) is 7.90. The number of ether oxygens (including phenoxy) is 1. The number of carbonyl (C=O) groups excluding carboxylic acids is 1. The number of aromatic nitrogens is 3. The maximum absolute atomic E-state index is 13.0. The third kappa shape index (κ3) is 3.75. The van der Waals surface area contributed by atoms with E-state index in [1.807, 2.05) is 16.7 Å². The van der Waals surface area contributed by atoms with Gasteiger partial charge < -0.3 is 14.5 Å². The summed E-state index contributed by atoms with van der Waals surface area (Å²) >= 11 is 1.88. The molecule has 2 aliphatic rings. The van der Waals surface area contributed by atoms with Crippen molar-refractivity contribution in [2.24, 2.45) is 0 Å². The Kier molecular flexibility index (Phi) is 5.19. The lowest BCUT2D eigenvalue weighted by Crippen LogP contribution is -2.49. The van der Waals surface area contributed by atoms with Gasteiger partial charge in [-0.15, -0.1) is 0 Å². The van der Waals surface area contributed by atoms with Gasteiger partial charge in [-0.1, -0.05) is 0 Å². The molecule has 7 nitrogen and oxygen atoms in total. The molecule has 1 amide bonds. The molecular weight excluding hydrogens is 350 g/mol. The summed E-state index contributed by atoms with van der Waals surface area (Å²) in [6.07, 6.45) is 6.30. The predicted octanol–water partition coefficient (Wildman–Crippen LogP) is 1.72. The normalized spacial score (nSPS) is 20.2. The van der Waals surface area contributed by atoms with Crippen LogP contribution in [-0.2, 0) is 0 Å². The molecule has 0 saturated carbocycles. The van der Waals surface area contributed by atoms with Gasteiger partial charge in [-0.2, -0.15) is 11.8 Å². The van der Waals surface area contributed by atoms with Gasteiger partial charge in [0, 0.05) is 50.5 Å². The van der Waals surface area contributed by atoms with E-state index >= 15 is 0 Å². The van der Waals surface area contributed by atoms with Gasteiger partial charge in [0.25, 0.3) is 5.91 Å². The highest BCUT2D eigenvalue weighted by Crippen LogP contribution is 2.25. The fourth-order valence-electron chi connectivity index (χ4n) is 3.15. The molecule has 0 bridgehead atoms. The number of hydrogen-bond donors (Lipinski definition) is 0. The topological polar surface area (TPSA) is 71.5 Å². The van der Waals surface area contributed by atoms with E-state index in [2.05, 4.69) is 19.9 Å². The third-order valence-corrected chi connectivity index (χ3v) is 5.70. The van der Waals surface area contributed by atoms with E-state index in [9.17, 15) is 4.79 Å². The van der Waals surface area contributed by atoms with Gasteiger partial charge in [-0.3, -0.25) is 4.79 Å². The summed E-state index contributed by atoms with van der Waals surface area (Å²) in [7, 11) is 0. The van der Waals surface area contributed by atoms with Gasteiger partial charge in [-0.25, -0.2) is 15.0 Å². The molecule has 0 spiro atoms. The number of piperazine rings is 1. The van der Waals surface area contributed by atoms with Crippen molar-refractivity contribution in [1.29, 1.82) is 0 Å². The van der Waals surface area contributed by atoms with Gasteiger partial charge in [0.05, 0.1) is 0 Å². The van der Waals surface area contributed by atoms with E-state index < -0.39 is 0 Å². The summed E-state index contributed by atoms with van der Waals surface area (Å²) in [6, 6.07) is 5.40. The largest absolute Gasteiger partial charge is 0.473 e. The quantitative estimate of drug-likeness (QED) is 0.810. The molecule has 2 aliphatic heterocycles. The Morgan fingerprint density at radius 3 is 2.58 bits per heavy atom. The smallest absolute Gasteiger partial charge is 0.259 e. The van der Waals surface area contributed by atoms with Crippen molar-refractivity contribution in [3.63, 3.8) is 0 Å². The molecule has 0 aromatic carbocycles. The maximum atomic E-state index is 13.0. The van der Waals surface area contributed by atoms with E-state index in [4.69, 9.17) is 4.74 Å². The summed E-state index contributed by atoms with van der Waals surface area (Å²) in [5.74, 6) is 3.21. The van der Waals surface area contributed by atoms with Crippen LogP contribution in [0.5, 0.6) is 5.88 Å². The van der Waals surface area contributed by atoms with Crippen molar-refractivity contribution in [3.8, 4) is 5.88 Å². The van der Waals surface area contributed by atoms with Crippen LogP contribution in [0, 0.1) is 0 Å². The van der Waals surface area contributed by atoms with Crippen LogP contribution >= 0.6 is 11.8 Å². The standard InChI is InChI=1S/C18H21N5O2S/c24-17(15-3-1-5-19-16(15)25-14-4-12-26-13-14)22-8-10-23(11-9-22)18-20-6-2-7-21-18/h1-3,5-7,14H,4,8-13H2. The molecule has 1 atom stereocenters. The zero-order valence-corrected chi connectivity index (χ0v) is 15.3. The molecule has 2 aromatic rings.